The summed E-state index contributed by atoms with van der Waals surface area (Å²) in [6, 6.07) is 7.36. The summed E-state index contributed by atoms with van der Waals surface area (Å²) in [6.45, 7) is 3.53. The van der Waals surface area contributed by atoms with Gasteiger partial charge >= 0.3 is 0 Å². The van der Waals surface area contributed by atoms with Crippen molar-refractivity contribution < 1.29 is 9.53 Å². The van der Waals surface area contributed by atoms with E-state index in [1.807, 2.05) is 35.0 Å². The van der Waals surface area contributed by atoms with Gasteiger partial charge in [0, 0.05) is 24.7 Å². The molecule has 1 aromatic rings. The van der Waals surface area contributed by atoms with Crippen molar-refractivity contribution in [2.24, 2.45) is 0 Å². The molecule has 1 aliphatic heterocycles. The van der Waals surface area contributed by atoms with Crippen LogP contribution in [0.2, 0.25) is 5.02 Å². The molecule has 122 valence electrons. The molecule has 1 aromatic carbocycles. The van der Waals surface area contributed by atoms with Crippen molar-refractivity contribution in [1.29, 1.82) is 0 Å². The number of amides is 1. The lowest BCUT2D eigenvalue weighted by Crippen LogP contribution is -2.40. The van der Waals surface area contributed by atoms with Gasteiger partial charge in [-0.3, -0.25) is 9.69 Å². The van der Waals surface area contributed by atoms with Crippen LogP contribution < -0.4 is 4.74 Å². The van der Waals surface area contributed by atoms with Crippen molar-refractivity contribution in [2.45, 2.75) is 25.7 Å². The number of benzene rings is 1. The highest BCUT2D eigenvalue weighted by Gasteiger charge is 2.16. The van der Waals surface area contributed by atoms with E-state index in [-0.39, 0.29) is 5.91 Å². The Morgan fingerprint density at radius 3 is 2.68 bits per heavy atom. The maximum absolute atomic E-state index is 12.3. The molecule has 0 N–H and O–H groups in total. The second-order valence-corrected chi connectivity index (χ2v) is 6.28. The van der Waals surface area contributed by atoms with E-state index in [1.54, 1.807) is 6.07 Å². The summed E-state index contributed by atoms with van der Waals surface area (Å²) >= 11 is 5.91. The first kappa shape index (κ1) is 17.1. The van der Waals surface area contributed by atoms with Crippen LogP contribution in [0.1, 0.15) is 25.7 Å². The maximum Gasteiger partial charge on any atom is 0.236 e. The van der Waals surface area contributed by atoms with Crippen molar-refractivity contribution in [2.75, 3.05) is 39.8 Å². The lowest BCUT2D eigenvalue weighted by atomic mass is 10.2. The predicted octanol–water partition coefficient (Wildman–Crippen LogP) is 3.05. The second-order valence-electron chi connectivity index (χ2n) is 5.84. The summed E-state index contributed by atoms with van der Waals surface area (Å²) in [6.07, 6.45) is 4.75. The standard InChI is InChI=1S/C17H25ClN2O2/c1-19(11-12-22-16-8-6-7-15(18)13-16)14-17(21)20-9-4-2-3-5-10-20/h6-8,13H,2-5,9-12,14H2,1H3. The monoisotopic (exact) mass is 324 g/mol. The average molecular weight is 325 g/mol. The van der Waals surface area contributed by atoms with Gasteiger partial charge in [0.15, 0.2) is 0 Å². The Kier molecular flexibility index (Phi) is 7.00. The molecule has 1 heterocycles. The van der Waals surface area contributed by atoms with Crippen molar-refractivity contribution in [1.82, 2.24) is 9.80 Å². The number of carbonyl (C=O) groups excluding carboxylic acids is 1. The molecule has 22 heavy (non-hydrogen) atoms. The molecule has 1 fully saturated rings. The van der Waals surface area contributed by atoms with Gasteiger partial charge < -0.3 is 9.64 Å². The zero-order valence-electron chi connectivity index (χ0n) is 13.3. The number of nitrogens with zero attached hydrogens (tertiary/aromatic N) is 2. The van der Waals surface area contributed by atoms with Gasteiger partial charge in [0.2, 0.25) is 5.91 Å². The van der Waals surface area contributed by atoms with Gasteiger partial charge in [-0.2, -0.15) is 0 Å². The number of halogens is 1. The summed E-state index contributed by atoms with van der Waals surface area (Å²) < 4.78 is 5.65. The molecule has 5 heteroatoms. The van der Waals surface area contributed by atoms with Crippen LogP contribution in [0.25, 0.3) is 0 Å². The lowest BCUT2D eigenvalue weighted by Gasteiger charge is -2.24. The summed E-state index contributed by atoms with van der Waals surface area (Å²) in [5.41, 5.74) is 0. The highest BCUT2D eigenvalue weighted by Crippen LogP contribution is 2.17. The number of hydrogen-bond donors (Lipinski definition) is 0. The van der Waals surface area contributed by atoms with Crippen molar-refractivity contribution in [3.05, 3.63) is 29.3 Å². The predicted molar refractivity (Wildman–Crippen MR) is 89.5 cm³/mol. The number of likely N-dealkylation sites (tertiary alicyclic amines) is 1. The summed E-state index contributed by atoms with van der Waals surface area (Å²) in [7, 11) is 1.96. The van der Waals surface area contributed by atoms with Gasteiger partial charge in [0.25, 0.3) is 0 Å². The van der Waals surface area contributed by atoms with E-state index in [0.29, 0.717) is 24.7 Å². The Bertz CT molecular complexity index is 473. The third kappa shape index (κ3) is 5.85. The third-order valence-electron chi connectivity index (χ3n) is 3.90. The van der Waals surface area contributed by atoms with E-state index in [9.17, 15) is 4.79 Å². The van der Waals surface area contributed by atoms with Crippen LogP contribution >= 0.6 is 11.6 Å². The Hall–Kier alpha value is -1.26. The number of hydrogen-bond acceptors (Lipinski definition) is 3. The SMILES string of the molecule is CN(CCOc1cccc(Cl)c1)CC(=O)N1CCCCCC1. The molecule has 0 bridgehead atoms. The molecule has 0 aliphatic carbocycles. The zero-order valence-corrected chi connectivity index (χ0v) is 14.0. The molecule has 0 radical (unpaired) electrons. The fourth-order valence-corrected chi connectivity index (χ4v) is 2.79. The van der Waals surface area contributed by atoms with Crippen LogP contribution in [0, 0.1) is 0 Å². The molecule has 1 amide bonds. The third-order valence-corrected chi connectivity index (χ3v) is 4.14. The number of carbonyl (C=O) groups is 1. The molecular formula is C17H25ClN2O2. The minimum absolute atomic E-state index is 0.229. The van der Waals surface area contributed by atoms with E-state index >= 15 is 0 Å². The topological polar surface area (TPSA) is 32.8 Å². The maximum atomic E-state index is 12.3. The molecule has 2 rings (SSSR count). The van der Waals surface area contributed by atoms with Crippen LogP contribution in [0.3, 0.4) is 0 Å². The lowest BCUT2D eigenvalue weighted by molar-refractivity contribution is -0.132. The van der Waals surface area contributed by atoms with Crippen molar-refractivity contribution in [3.63, 3.8) is 0 Å². The Morgan fingerprint density at radius 2 is 2.00 bits per heavy atom. The average Bonchev–Trinajstić information content (AvgIpc) is 2.76. The van der Waals surface area contributed by atoms with E-state index in [1.165, 1.54) is 12.8 Å². The highest BCUT2D eigenvalue weighted by molar-refractivity contribution is 6.30. The normalized spacial score (nSPS) is 15.7. The summed E-state index contributed by atoms with van der Waals surface area (Å²) in [5, 5.41) is 0.669. The quantitative estimate of drug-likeness (QED) is 0.806. The molecule has 0 spiro atoms. The molecule has 4 nitrogen and oxygen atoms in total. The first-order valence-corrected chi connectivity index (χ1v) is 8.37. The molecule has 0 unspecified atom stereocenters. The number of ether oxygens (including phenoxy) is 1. The van der Waals surface area contributed by atoms with E-state index in [2.05, 4.69) is 0 Å². The molecule has 1 aliphatic rings. The fraction of sp³-hybridized carbons (Fsp3) is 0.588. The summed E-state index contributed by atoms with van der Waals surface area (Å²) in [5.74, 6) is 0.993. The van der Waals surface area contributed by atoms with Gasteiger partial charge in [0.05, 0.1) is 6.54 Å². The van der Waals surface area contributed by atoms with Gasteiger partial charge in [-0.25, -0.2) is 0 Å². The fourth-order valence-electron chi connectivity index (χ4n) is 2.61. The van der Waals surface area contributed by atoms with Crippen LogP contribution in [0.4, 0.5) is 0 Å². The number of likely N-dealkylation sites (N-methyl/N-ethyl adjacent to an activating group) is 1. The van der Waals surface area contributed by atoms with Crippen molar-refractivity contribution in [3.8, 4) is 5.75 Å². The Balaban J connectivity index is 1.68. The Morgan fingerprint density at radius 1 is 1.27 bits per heavy atom. The largest absolute Gasteiger partial charge is 0.492 e. The second kappa shape index (κ2) is 9.01. The van der Waals surface area contributed by atoms with Crippen LogP contribution in [0.5, 0.6) is 5.75 Å². The molecule has 1 saturated heterocycles. The van der Waals surface area contributed by atoms with Crippen LogP contribution in [-0.2, 0) is 4.79 Å². The molecular weight excluding hydrogens is 300 g/mol. The Labute approximate surface area is 138 Å². The van der Waals surface area contributed by atoms with Gasteiger partial charge in [-0.05, 0) is 38.1 Å². The first-order valence-electron chi connectivity index (χ1n) is 8.00. The highest BCUT2D eigenvalue weighted by atomic mass is 35.5. The number of rotatable bonds is 6. The minimum Gasteiger partial charge on any atom is -0.492 e. The van der Waals surface area contributed by atoms with Crippen molar-refractivity contribution >= 4 is 17.5 Å². The van der Waals surface area contributed by atoms with Gasteiger partial charge in [-0.1, -0.05) is 30.5 Å². The molecule has 0 aromatic heterocycles. The van der Waals surface area contributed by atoms with E-state index < -0.39 is 0 Å². The molecule has 0 saturated carbocycles. The van der Waals surface area contributed by atoms with Gasteiger partial charge in [0.1, 0.15) is 12.4 Å². The molecule has 0 atom stereocenters. The smallest absolute Gasteiger partial charge is 0.236 e. The summed E-state index contributed by atoms with van der Waals surface area (Å²) in [4.78, 5) is 16.3. The van der Waals surface area contributed by atoms with Gasteiger partial charge in [-0.15, -0.1) is 0 Å². The zero-order chi connectivity index (χ0) is 15.8. The van der Waals surface area contributed by atoms with Crippen LogP contribution in [0.15, 0.2) is 24.3 Å². The minimum atomic E-state index is 0.229. The van der Waals surface area contributed by atoms with E-state index in [0.717, 1.165) is 31.7 Å². The van der Waals surface area contributed by atoms with Crippen LogP contribution in [-0.4, -0.2) is 55.5 Å². The first-order chi connectivity index (χ1) is 10.6. The van der Waals surface area contributed by atoms with E-state index in [4.69, 9.17) is 16.3 Å².